The van der Waals surface area contributed by atoms with E-state index in [2.05, 4.69) is 5.32 Å². The van der Waals surface area contributed by atoms with Gasteiger partial charge in [-0.25, -0.2) is 4.39 Å². The third-order valence-electron chi connectivity index (χ3n) is 3.16. The van der Waals surface area contributed by atoms with Crippen molar-refractivity contribution in [2.24, 2.45) is 0 Å². The Kier molecular flexibility index (Phi) is 6.35. The molecule has 3 nitrogen and oxygen atoms in total. The standard InChI is InChI=1S/C18H18FNO2S/c1-2-5-18(22)20-14-10-8-13(9-11-14)16(21)12-23-17-7-4-3-6-15(17)19/h3-4,6-11H,2,5,12H2,1H3,(H,20,22). The molecule has 5 heteroatoms. The minimum absolute atomic E-state index is 0.0401. The fourth-order valence-electron chi connectivity index (χ4n) is 1.98. The van der Waals surface area contributed by atoms with Crippen LogP contribution in [0.3, 0.4) is 0 Å². The first kappa shape index (κ1) is 17.2. The molecule has 0 fully saturated rings. The molecular weight excluding hydrogens is 313 g/mol. The number of benzene rings is 2. The lowest BCUT2D eigenvalue weighted by Crippen LogP contribution is -2.10. The highest BCUT2D eigenvalue weighted by Crippen LogP contribution is 2.22. The van der Waals surface area contributed by atoms with Gasteiger partial charge in [0.25, 0.3) is 0 Å². The van der Waals surface area contributed by atoms with Gasteiger partial charge in [0.2, 0.25) is 5.91 Å². The van der Waals surface area contributed by atoms with Crippen molar-refractivity contribution in [3.63, 3.8) is 0 Å². The van der Waals surface area contributed by atoms with E-state index in [-0.39, 0.29) is 23.3 Å². The summed E-state index contributed by atoms with van der Waals surface area (Å²) < 4.78 is 13.5. The number of thioether (sulfide) groups is 1. The molecule has 2 aromatic carbocycles. The van der Waals surface area contributed by atoms with Crippen LogP contribution in [0.15, 0.2) is 53.4 Å². The van der Waals surface area contributed by atoms with Crippen LogP contribution in [0.25, 0.3) is 0 Å². The van der Waals surface area contributed by atoms with Crippen LogP contribution in [-0.2, 0) is 4.79 Å². The summed E-state index contributed by atoms with van der Waals surface area (Å²) in [5.41, 5.74) is 1.21. The largest absolute Gasteiger partial charge is 0.326 e. The number of amides is 1. The van der Waals surface area contributed by atoms with Crippen LogP contribution in [0.4, 0.5) is 10.1 Å². The molecular formula is C18H18FNO2S. The van der Waals surface area contributed by atoms with E-state index in [0.717, 1.165) is 6.42 Å². The SMILES string of the molecule is CCCC(=O)Nc1ccc(C(=O)CSc2ccccc2F)cc1. The Morgan fingerprint density at radius 3 is 2.43 bits per heavy atom. The van der Waals surface area contributed by atoms with Crippen LogP contribution < -0.4 is 5.32 Å². The molecule has 0 spiro atoms. The molecule has 1 N–H and O–H groups in total. The Labute approximate surface area is 139 Å². The van der Waals surface area contributed by atoms with Crippen molar-refractivity contribution in [2.45, 2.75) is 24.7 Å². The Hall–Kier alpha value is -2.14. The molecule has 0 bridgehead atoms. The lowest BCUT2D eigenvalue weighted by Gasteiger charge is -2.06. The van der Waals surface area contributed by atoms with Gasteiger partial charge in [-0.3, -0.25) is 9.59 Å². The number of hydrogen-bond acceptors (Lipinski definition) is 3. The van der Waals surface area contributed by atoms with Gasteiger partial charge >= 0.3 is 0 Å². The minimum atomic E-state index is -0.320. The fraction of sp³-hybridized carbons (Fsp3) is 0.222. The lowest BCUT2D eigenvalue weighted by molar-refractivity contribution is -0.116. The van der Waals surface area contributed by atoms with Crippen LogP contribution in [0, 0.1) is 5.82 Å². The van der Waals surface area contributed by atoms with Crippen molar-refractivity contribution in [1.29, 1.82) is 0 Å². The minimum Gasteiger partial charge on any atom is -0.326 e. The normalized spacial score (nSPS) is 10.3. The van der Waals surface area contributed by atoms with Crippen molar-refractivity contribution in [2.75, 3.05) is 11.1 Å². The van der Waals surface area contributed by atoms with Gasteiger partial charge in [0.1, 0.15) is 5.82 Å². The zero-order valence-corrected chi connectivity index (χ0v) is 13.7. The molecule has 0 aromatic heterocycles. The van der Waals surface area contributed by atoms with Crippen molar-refractivity contribution in [1.82, 2.24) is 0 Å². The van der Waals surface area contributed by atoms with Gasteiger partial charge in [0.15, 0.2) is 5.78 Å². The summed E-state index contributed by atoms with van der Waals surface area (Å²) in [6.07, 6.45) is 1.26. The molecule has 0 saturated carbocycles. The number of nitrogens with one attached hydrogen (secondary N) is 1. The van der Waals surface area contributed by atoms with E-state index in [1.54, 1.807) is 42.5 Å². The van der Waals surface area contributed by atoms with E-state index < -0.39 is 0 Å². The van der Waals surface area contributed by atoms with E-state index in [1.165, 1.54) is 17.8 Å². The monoisotopic (exact) mass is 331 g/mol. The molecule has 0 unspecified atom stereocenters. The maximum Gasteiger partial charge on any atom is 0.224 e. The highest BCUT2D eigenvalue weighted by molar-refractivity contribution is 8.00. The topological polar surface area (TPSA) is 46.2 Å². The predicted molar refractivity (Wildman–Crippen MR) is 91.4 cm³/mol. The number of rotatable bonds is 7. The van der Waals surface area contributed by atoms with E-state index in [4.69, 9.17) is 0 Å². The number of hydrogen-bond donors (Lipinski definition) is 1. The maximum atomic E-state index is 13.5. The molecule has 0 heterocycles. The Bertz CT molecular complexity index is 686. The Morgan fingerprint density at radius 2 is 1.78 bits per heavy atom. The number of carbonyl (C=O) groups is 2. The number of carbonyl (C=O) groups excluding carboxylic acids is 2. The third kappa shape index (κ3) is 5.21. The molecule has 2 aromatic rings. The van der Waals surface area contributed by atoms with Gasteiger partial charge in [0.05, 0.1) is 5.75 Å². The summed E-state index contributed by atoms with van der Waals surface area (Å²) in [5.74, 6) is -0.270. The van der Waals surface area contributed by atoms with Gasteiger partial charge in [-0.1, -0.05) is 19.1 Å². The van der Waals surface area contributed by atoms with Crippen LogP contribution in [-0.4, -0.2) is 17.4 Å². The van der Waals surface area contributed by atoms with E-state index in [9.17, 15) is 14.0 Å². The molecule has 1 amide bonds. The number of Topliss-reactive ketones (excluding diaryl/α,β-unsaturated/α-hetero) is 1. The number of ketones is 1. The quantitative estimate of drug-likeness (QED) is 0.598. The molecule has 0 saturated heterocycles. The average Bonchev–Trinajstić information content (AvgIpc) is 2.55. The average molecular weight is 331 g/mol. The first-order chi connectivity index (χ1) is 11.1. The molecule has 0 aliphatic carbocycles. The highest BCUT2D eigenvalue weighted by Gasteiger charge is 2.09. The maximum absolute atomic E-state index is 13.5. The van der Waals surface area contributed by atoms with E-state index in [0.29, 0.717) is 22.6 Å². The Balaban J connectivity index is 1.92. The zero-order chi connectivity index (χ0) is 16.7. The van der Waals surface area contributed by atoms with Crippen molar-refractivity contribution >= 4 is 29.1 Å². The summed E-state index contributed by atoms with van der Waals surface area (Å²) in [4.78, 5) is 24.1. The van der Waals surface area contributed by atoms with Crippen LogP contribution in [0.5, 0.6) is 0 Å². The highest BCUT2D eigenvalue weighted by atomic mass is 32.2. The molecule has 0 aliphatic heterocycles. The molecule has 2 rings (SSSR count). The van der Waals surface area contributed by atoms with E-state index in [1.807, 2.05) is 6.92 Å². The van der Waals surface area contributed by atoms with Gasteiger partial charge in [-0.2, -0.15) is 0 Å². The Morgan fingerprint density at radius 1 is 1.09 bits per heavy atom. The second kappa shape index (κ2) is 8.48. The molecule has 0 radical (unpaired) electrons. The van der Waals surface area contributed by atoms with Crippen molar-refractivity contribution in [3.05, 3.63) is 59.9 Å². The van der Waals surface area contributed by atoms with Gasteiger partial charge < -0.3 is 5.32 Å². The second-order valence-corrected chi connectivity index (χ2v) is 6.03. The van der Waals surface area contributed by atoms with E-state index >= 15 is 0 Å². The smallest absolute Gasteiger partial charge is 0.224 e. The summed E-state index contributed by atoms with van der Waals surface area (Å²) in [6.45, 7) is 1.94. The predicted octanol–water partition coefficient (Wildman–Crippen LogP) is 4.54. The number of anilines is 1. The summed E-state index contributed by atoms with van der Waals surface area (Å²) in [7, 11) is 0. The fourth-order valence-corrected chi connectivity index (χ4v) is 2.81. The first-order valence-corrected chi connectivity index (χ1v) is 8.39. The summed E-state index contributed by atoms with van der Waals surface area (Å²) in [6, 6.07) is 13.1. The van der Waals surface area contributed by atoms with Gasteiger partial charge in [-0.15, -0.1) is 11.8 Å². The first-order valence-electron chi connectivity index (χ1n) is 7.40. The van der Waals surface area contributed by atoms with Crippen LogP contribution in [0.2, 0.25) is 0 Å². The van der Waals surface area contributed by atoms with Crippen molar-refractivity contribution < 1.29 is 14.0 Å². The summed E-state index contributed by atoms with van der Waals surface area (Å²) >= 11 is 1.18. The van der Waals surface area contributed by atoms with Crippen molar-refractivity contribution in [3.8, 4) is 0 Å². The number of halogens is 1. The van der Waals surface area contributed by atoms with Gasteiger partial charge in [0, 0.05) is 22.6 Å². The van der Waals surface area contributed by atoms with Crippen LogP contribution >= 0.6 is 11.8 Å². The van der Waals surface area contributed by atoms with Crippen LogP contribution in [0.1, 0.15) is 30.1 Å². The summed E-state index contributed by atoms with van der Waals surface area (Å²) in [5, 5.41) is 2.77. The molecule has 0 aliphatic rings. The molecule has 0 atom stereocenters. The van der Waals surface area contributed by atoms with Gasteiger partial charge in [-0.05, 0) is 42.8 Å². The lowest BCUT2D eigenvalue weighted by atomic mass is 10.1. The third-order valence-corrected chi connectivity index (χ3v) is 4.21. The molecule has 120 valence electrons. The molecule has 23 heavy (non-hydrogen) atoms. The zero-order valence-electron chi connectivity index (χ0n) is 12.8. The second-order valence-electron chi connectivity index (χ2n) is 5.02.